The van der Waals surface area contributed by atoms with Gasteiger partial charge in [-0.25, -0.2) is 5.84 Å². The first-order chi connectivity index (χ1) is 10.2. The summed E-state index contributed by atoms with van der Waals surface area (Å²) in [6.07, 6.45) is 2.05. The van der Waals surface area contributed by atoms with E-state index in [-0.39, 0.29) is 5.91 Å². The Bertz CT molecular complexity index is 810. The van der Waals surface area contributed by atoms with Gasteiger partial charge >= 0.3 is 0 Å². The fourth-order valence-electron chi connectivity index (χ4n) is 2.41. The van der Waals surface area contributed by atoms with Gasteiger partial charge in [0.1, 0.15) is 0 Å². The van der Waals surface area contributed by atoms with E-state index >= 15 is 0 Å². The maximum absolute atomic E-state index is 11.6. The second-order valence-electron chi connectivity index (χ2n) is 4.79. The third-order valence-electron chi connectivity index (χ3n) is 3.43. The zero-order valence-corrected chi connectivity index (χ0v) is 12.8. The predicted octanol–water partition coefficient (Wildman–Crippen LogP) is 3.06. The van der Waals surface area contributed by atoms with Crippen molar-refractivity contribution >= 4 is 32.7 Å². The number of hydrazine groups is 1. The van der Waals surface area contributed by atoms with Gasteiger partial charge in [0.2, 0.25) is 0 Å². The number of carbonyl (C=O) groups is 1. The summed E-state index contributed by atoms with van der Waals surface area (Å²) in [6, 6.07) is 15.7. The summed E-state index contributed by atoms with van der Waals surface area (Å²) in [5.74, 6) is 4.89. The molecule has 1 amide bonds. The molecule has 3 aromatic rings. The Morgan fingerprint density at radius 1 is 1.19 bits per heavy atom. The van der Waals surface area contributed by atoms with Crippen LogP contribution in [0.4, 0.5) is 0 Å². The van der Waals surface area contributed by atoms with Gasteiger partial charge in [0, 0.05) is 33.7 Å². The minimum Gasteiger partial charge on any atom is -0.343 e. The van der Waals surface area contributed by atoms with Crippen LogP contribution < -0.4 is 11.3 Å². The van der Waals surface area contributed by atoms with Gasteiger partial charge in [0.05, 0.1) is 0 Å². The molecule has 0 aliphatic heterocycles. The summed E-state index contributed by atoms with van der Waals surface area (Å²) in [5.41, 5.74) is 4.92. The third-order valence-corrected chi connectivity index (χ3v) is 4.13. The number of hydrogen-bond donors (Lipinski definition) is 2. The highest BCUT2D eigenvalue weighted by atomic mass is 79.9. The summed E-state index contributed by atoms with van der Waals surface area (Å²) in [6.45, 7) is 0.700. The van der Waals surface area contributed by atoms with Crippen LogP contribution in [0.1, 0.15) is 15.9 Å². The molecule has 0 atom stereocenters. The fourth-order valence-corrected chi connectivity index (χ4v) is 2.90. The SMILES string of the molecule is NNC(=O)c1cccc(Cn2ccc3c(Br)cccc32)c1. The molecule has 0 bridgehead atoms. The number of rotatable bonds is 3. The Kier molecular flexibility index (Phi) is 3.77. The molecule has 1 heterocycles. The number of hydrogen-bond acceptors (Lipinski definition) is 2. The number of aromatic nitrogens is 1. The molecule has 2 aromatic carbocycles. The normalized spacial score (nSPS) is 10.8. The van der Waals surface area contributed by atoms with Gasteiger partial charge < -0.3 is 4.57 Å². The number of nitrogens with two attached hydrogens (primary N) is 1. The molecular formula is C16H14BrN3O. The van der Waals surface area contributed by atoms with Crippen LogP contribution in [-0.4, -0.2) is 10.5 Å². The molecule has 0 radical (unpaired) electrons. The number of benzene rings is 2. The molecule has 0 aliphatic rings. The fraction of sp³-hybridized carbons (Fsp3) is 0.0625. The number of nitrogens with zero attached hydrogens (tertiary/aromatic N) is 1. The topological polar surface area (TPSA) is 60.0 Å². The van der Waals surface area contributed by atoms with Crippen molar-refractivity contribution in [3.8, 4) is 0 Å². The Balaban J connectivity index is 1.95. The number of halogens is 1. The second-order valence-corrected chi connectivity index (χ2v) is 5.64. The van der Waals surface area contributed by atoms with Crippen molar-refractivity contribution in [1.29, 1.82) is 0 Å². The lowest BCUT2D eigenvalue weighted by Gasteiger charge is -2.08. The van der Waals surface area contributed by atoms with Crippen LogP contribution >= 0.6 is 15.9 Å². The average molecular weight is 344 g/mol. The van der Waals surface area contributed by atoms with Gasteiger partial charge in [-0.3, -0.25) is 10.2 Å². The van der Waals surface area contributed by atoms with Crippen molar-refractivity contribution in [2.24, 2.45) is 5.84 Å². The summed E-state index contributed by atoms with van der Waals surface area (Å²) in [5, 5.41) is 1.17. The smallest absolute Gasteiger partial charge is 0.265 e. The first kappa shape index (κ1) is 13.9. The first-order valence-electron chi connectivity index (χ1n) is 6.52. The lowest BCUT2D eigenvalue weighted by molar-refractivity contribution is 0.0953. The van der Waals surface area contributed by atoms with Crippen molar-refractivity contribution in [2.45, 2.75) is 6.54 Å². The lowest BCUT2D eigenvalue weighted by Crippen LogP contribution is -2.30. The number of amides is 1. The lowest BCUT2D eigenvalue weighted by atomic mass is 10.1. The van der Waals surface area contributed by atoms with Gasteiger partial charge in [0.15, 0.2) is 0 Å². The molecule has 0 unspecified atom stereocenters. The van der Waals surface area contributed by atoms with Crippen LogP contribution in [0.3, 0.4) is 0 Å². The molecule has 0 saturated heterocycles. The minimum atomic E-state index is -0.281. The summed E-state index contributed by atoms with van der Waals surface area (Å²) < 4.78 is 3.23. The van der Waals surface area contributed by atoms with Crippen molar-refractivity contribution in [3.63, 3.8) is 0 Å². The van der Waals surface area contributed by atoms with E-state index in [1.54, 1.807) is 6.07 Å². The third kappa shape index (κ3) is 2.70. The Morgan fingerprint density at radius 2 is 2.00 bits per heavy atom. The molecule has 4 nitrogen and oxygen atoms in total. The molecule has 21 heavy (non-hydrogen) atoms. The highest BCUT2D eigenvalue weighted by molar-refractivity contribution is 9.10. The zero-order valence-electron chi connectivity index (χ0n) is 11.2. The quantitative estimate of drug-likeness (QED) is 0.436. The molecule has 3 N–H and O–H groups in total. The predicted molar refractivity (Wildman–Crippen MR) is 86.8 cm³/mol. The highest BCUT2D eigenvalue weighted by Crippen LogP contribution is 2.25. The molecule has 0 saturated carbocycles. The van der Waals surface area contributed by atoms with E-state index in [0.29, 0.717) is 12.1 Å². The van der Waals surface area contributed by atoms with Gasteiger partial charge in [-0.15, -0.1) is 0 Å². The van der Waals surface area contributed by atoms with Gasteiger partial charge in [-0.1, -0.05) is 34.1 Å². The summed E-state index contributed by atoms with van der Waals surface area (Å²) in [7, 11) is 0. The minimum absolute atomic E-state index is 0.281. The molecule has 106 valence electrons. The highest BCUT2D eigenvalue weighted by Gasteiger charge is 2.07. The summed E-state index contributed by atoms with van der Waals surface area (Å²) >= 11 is 3.56. The van der Waals surface area contributed by atoms with E-state index < -0.39 is 0 Å². The van der Waals surface area contributed by atoms with E-state index in [9.17, 15) is 4.79 Å². The Labute approximate surface area is 130 Å². The van der Waals surface area contributed by atoms with Gasteiger partial charge in [-0.2, -0.15) is 0 Å². The second kappa shape index (κ2) is 5.71. The monoisotopic (exact) mass is 343 g/mol. The van der Waals surface area contributed by atoms with Crippen molar-refractivity contribution in [3.05, 3.63) is 70.3 Å². The Hall–Kier alpha value is -2.11. The van der Waals surface area contributed by atoms with Crippen LogP contribution in [0.25, 0.3) is 10.9 Å². The van der Waals surface area contributed by atoms with Crippen LogP contribution in [0.2, 0.25) is 0 Å². The van der Waals surface area contributed by atoms with Crippen LogP contribution in [0.15, 0.2) is 59.2 Å². The molecule has 1 aromatic heterocycles. The zero-order chi connectivity index (χ0) is 14.8. The van der Waals surface area contributed by atoms with E-state index in [2.05, 4.69) is 38.1 Å². The van der Waals surface area contributed by atoms with Crippen LogP contribution in [-0.2, 0) is 6.54 Å². The maximum Gasteiger partial charge on any atom is 0.265 e. The van der Waals surface area contributed by atoms with Gasteiger partial charge in [0.25, 0.3) is 5.91 Å². The number of fused-ring (bicyclic) bond motifs is 1. The molecule has 0 spiro atoms. The van der Waals surface area contributed by atoms with Crippen molar-refractivity contribution in [1.82, 2.24) is 9.99 Å². The number of carbonyl (C=O) groups excluding carboxylic acids is 1. The molecular weight excluding hydrogens is 330 g/mol. The standard InChI is InChI=1S/C16H14BrN3O/c17-14-5-2-6-15-13(14)7-8-20(15)10-11-3-1-4-12(9-11)16(21)19-18/h1-9H,10,18H2,(H,19,21). The maximum atomic E-state index is 11.6. The largest absolute Gasteiger partial charge is 0.343 e. The van der Waals surface area contributed by atoms with E-state index in [0.717, 1.165) is 15.6 Å². The van der Waals surface area contributed by atoms with Crippen molar-refractivity contribution in [2.75, 3.05) is 0 Å². The van der Waals surface area contributed by atoms with E-state index in [1.165, 1.54) is 5.39 Å². The summed E-state index contributed by atoms with van der Waals surface area (Å²) in [4.78, 5) is 11.6. The number of nitrogen functional groups attached to an aromatic ring is 1. The molecule has 0 aliphatic carbocycles. The van der Waals surface area contributed by atoms with E-state index in [4.69, 9.17) is 5.84 Å². The Morgan fingerprint density at radius 3 is 2.81 bits per heavy atom. The van der Waals surface area contributed by atoms with Gasteiger partial charge in [-0.05, 0) is 35.9 Å². The van der Waals surface area contributed by atoms with Crippen molar-refractivity contribution < 1.29 is 4.79 Å². The van der Waals surface area contributed by atoms with Crippen LogP contribution in [0.5, 0.6) is 0 Å². The van der Waals surface area contributed by atoms with Crippen LogP contribution in [0, 0.1) is 0 Å². The molecule has 3 rings (SSSR count). The average Bonchev–Trinajstić information content (AvgIpc) is 2.91. The first-order valence-corrected chi connectivity index (χ1v) is 7.31. The van der Waals surface area contributed by atoms with E-state index in [1.807, 2.05) is 36.5 Å². The molecule has 0 fully saturated rings. The molecule has 5 heteroatoms. The number of nitrogens with one attached hydrogen (secondary N) is 1.